The van der Waals surface area contributed by atoms with Crippen LogP contribution in [0.1, 0.15) is 12.0 Å². The van der Waals surface area contributed by atoms with Gasteiger partial charge in [-0.1, -0.05) is 18.2 Å². The Bertz CT molecular complexity index is 647. The van der Waals surface area contributed by atoms with E-state index in [9.17, 15) is 0 Å². The Hall–Kier alpha value is -0.930. The minimum atomic E-state index is 0. The summed E-state index contributed by atoms with van der Waals surface area (Å²) < 4.78 is 5.34. The van der Waals surface area contributed by atoms with Gasteiger partial charge in [-0.15, -0.1) is 24.0 Å². The smallest absolute Gasteiger partial charge is 0.193 e. The lowest BCUT2D eigenvalue weighted by Gasteiger charge is -2.31. The van der Waals surface area contributed by atoms with Crippen molar-refractivity contribution >= 4 is 47.3 Å². The fourth-order valence-corrected chi connectivity index (χ4v) is 4.41. The van der Waals surface area contributed by atoms with Gasteiger partial charge in [-0.2, -0.15) is 11.8 Å². The van der Waals surface area contributed by atoms with Crippen molar-refractivity contribution in [3.8, 4) is 5.75 Å². The van der Waals surface area contributed by atoms with Gasteiger partial charge in [0.1, 0.15) is 5.75 Å². The third-order valence-electron chi connectivity index (χ3n) is 4.98. The molecule has 1 aromatic carbocycles. The highest BCUT2D eigenvalue weighted by Crippen LogP contribution is 2.25. The first-order chi connectivity index (χ1) is 12.8. The molecule has 5 nitrogen and oxygen atoms in total. The molecule has 0 spiro atoms. The number of guanidine groups is 1. The minimum absolute atomic E-state index is 0. The van der Waals surface area contributed by atoms with Crippen LogP contribution < -0.4 is 10.1 Å². The van der Waals surface area contributed by atoms with E-state index in [4.69, 9.17) is 4.74 Å². The average Bonchev–Trinajstić information content (AvgIpc) is 2.72. The van der Waals surface area contributed by atoms with E-state index in [-0.39, 0.29) is 24.0 Å². The van der Waals surface area contributed by atoms with E-state index < -0.39 is 0 Å². The molecular formula is C20H31IN4OS. The largest absolute Gasteiger partial charge is 0.497 e. The van der Waals surface area contributed by atoms with Gasteiger partial charge in [-0.3, -0.25) is 9.89 Å². The monoisotopic (exact) mass is 502 g/mol. The van der Waals surface area contributed by atoms with Gasteiger partial charge in [-0.25, -0.2) is 0 Å². The summed E-state index contributed by atoms with van der Waals surface area (Å²) in [5, 5.41) is 3.54. The number of benzene rings is 1. The number of thioether (sulfide) groups is 1. The molecule has 1 N–H and O–H groups in total. The summed E-state index contributed by atoms with van der Waals surface area (Å²) >= 11 is 2.06. The Labute approximate surface area is 184 Å². The molecule has 2 aliphatic heterocycles. The highest BCUT2D eigenvalue weighted by atomic mass is 127. The average molecular weight is 502 g/mol. The van der Waals surface area contributed by atoms with Crippen molar-refractivity contribution < 1.29 is 4.74 Å². The maximum absolute atomic E-state index is 5.34. The van der Waals surface area contributed by atoms with Crippen molar-refractivity contribution in [2.45, 2.75) is 6.42 Å². The number of nitrogens with one attached hydrogen (secondary N) is 1. The second-order valence-electron chi connectivity index (χ2n) is 6.59. The first-order valence-corrected chi connectivity index (χ1v) is 10.5. The van der Waals surface area contributed by atoms with Gasteiger partial charge < -0.3 is 15.0 Å². The Morgan fingerprint density at radius 1 is 1.26 bits per heavy atom. The minimum Gasteiger partial charge on any atom is -0.497 e. The molecule has 0 saturated carbocycles. The zero-order chi connectivity index (χ0) is 18.2. The van der Waals surface area contributed by atoms with Crippen LogP contribution in [-0.4, -0.2) is 80.7 Å². The lowest BCUT2D eigenvalue weighted by molar-refractivity contribution is 0.304. The Kier molecular flexibility index (Phi) is 9.78. The highest BCUT2D eigenvalue weighted by molar-refractivity contribution is 14.0. The molecule has 3 rings (SSSR count). The van der Waals surface area contributed by atoms with Crippen LogP contribution in [0, 0.1) is 0 Å². The molecule has 0 unspecified atom stereocenters. The first kappa shape index (κ1) is 22.4. The fraction of sp³-hybridized carbons (Fsp3) is 0.550. The molecule has 7 heteroatoms. The predicted octanol–water partition coefficient (Wildman–Crippen LogP) is 3.03. The molecule has 1 fully saturated rings. The fourth-order valence-electron chi connectivity index (χ4n) is 3.43. The van der Waals surface area contributed by atoms with Crippen LogP contribution >= 0.6 is 35.7 Å². The highest BCUT2D eigenvalue weighted by Gasteiger charge is 2.17. The van der Waals surface area contributed by atoms with Crippen molar-refractivity contribution in [1.29, 1.82) is 0 Å². The predicted molar refractivity (Wildman–Crippen MR) is 128 cm³/mol. The van der Waals surface area contributed by atoms with Gasteiger partial charge in [0.05, 0.1) is 7.11 Å². The Morgan fingerprint density at radius 3 is 2.74 bits per heavy atom. The van der Waals surface area contributed by atoms with Crippen LogP contribution in [0.3, 0.4) is 0 Å². The SMILES string of the molecule is CN=C(NCCN1CCSCC1)N1CC=C(c2cccc(OC)c2)CC1.I. The standard InChI is InChI=1S/C20H30N4OS.HI/c1-21-20(22-8-11-23-12-14-26-15-13-23)24-9-6-17(7-10-24)18-4-3-5-19(16-18)25-2;/h3-6,16H,7-15H2,1-2H3,(H,21,22);1H. The van der Waals surface area contributed by atoms with E-state index in [1.165, 1.54) is 35.7 Å². The van der Waals surface area contributed by atoms with Crippen LogP contribution in [0.15, 0.2) is 35.3 Å². The van der Waals surface area contributed by atoms with Gasteiger partial charge in [0, 0.05) is 57.8 Å². The second kappa shape index (κ2) is 11.8. The summed E-state index contributed by atoms with van der Waals surface area (Å²) in [5.41, 5.74) is 2.65. The summed E-state index contributed by atoms with van der Waals surface area (Å²) in [6.07, 6.45) is 3.34. The zero-order valence-electron chi connectivity index (χ0n) is 16.3. The molecule has 1 aromatic rings. The number of hydrogen-bond donors (Lipinski definition) is 1. The van der Waals surface area contributed by atoms with E-state index >= 15 is 0 Å². The molecule has 150 valence electrons. The van der Waals surface area contributed by atoms with E-state index in [1.807, 2.05) is 13.1 Å². The van der Waals surface area contributed by atoms with Crippen LogP contribution in [0.4, 0.5) is 0 Å². The molecule has 2 heterocycles. The summed E-state index contributed by atoms with van der Waals surface area (Å²) in [7, 11) is 3.59. The number of nitrogens with zero attached hydrogens (tertiary/aromatic N) is 3. The maximum Gasteiger partial charge on any atom is 0.193 e. The molecule has 2 aliphatic rings. The van der Waals surface area contributed by atoms with Gasteiger partial charge in [-0.05, 0) is 29.7 Å². The third-order valence-corrected chi connectivity index (χ3v) is 5.92. The van der Waals surface area contributed by atoms with E-state index in [2.05, 4.69) is 56.1 Å². The maximum atomic E-state index is 5.34. The van der Waals surface area contributed by atoms with Crippen LogP contribution in [0.2, 0.25) is 0 Å². The quantitative estimate of drug-likeness (QED) is 0.381. The summed E-state index contributed by atoms with van der Waals surface area (Å²) in [6.45, 7) is 6.36. The van der Waals surface area contributed by atoms with Crippen LogP contribution in [0.5, 0.6) is 5.75 Å². The molecule has 0 atom stereocenters. The summed E-state index contributed by atoms with van der Waals surface area (Å²) in [6, 6.07) is 8.33. The topological polar surface area (TPSA) is 40.1 Å². The van der Waals surface area contributed by atoms with E-state index in [1.54, 1.807) is 7.11 Å². The number of rotatable bonds is 5. The van der Waals surface area contributed by atoms with E-state index in [0.717, 1.165) is 44.3 Å². The number of halogens is 1. The first-order valence-electron chi connectivity index (χ1n) is 9.39. The number of aliphatic imine (C=N–C) groups is 1. The third kappa shape index (κ3) is 6.57. The molecule has 0 radical (unpaired) electrons. The van der Waals surface area contributed by atoms with Gasteiger partial charge in [0.25, 0.3) is 0 Å². The molecular weight excluding hydrogens is 471 g/mol. The van der Waals surface area contributed by atoms with Crippen molar-refractivity contribution in [3.63, 3.8) is 0 Å². The number of methoxy groups -OCH3 is 1. The van der Waals surface area contributed by atoms with Gasteiger partial charge in [0.15, 0.2) is 5.96 Å². The second-order valence-corrected chi connectivity index (χ2v) is 7.81. The molecule has 27 heavy (non-hydrogen) atoms. The molecule has 0 bridgehead atoms. The van der Waals surface area contributed by atoms with Crippen LogP contribution in [0.25, 0.3) is 5.57 Å². The van der Waals surface area contributed by atoms with Crippen LogP contribution in [-0.2, 0) is 0 Å². The Balaban J connectivity index is 0.00000261. The molecule has 0 amide bonds. The van der Waals surface area contributed by atoms with Crippen molar-refractivity contribution in [3.05, 3.63) is 35.9 Å². The van der Waals surface area contributed by atoms with Gasteiger partial charge >= 0.3 is 0 Å². The molecule has 0 aromatic heterocycles. The molecule has 1 saturated heterocycles. The normalized spacial score (nSPS) is 18.5. The van der Waals surface area contributed by atoms with Gasteiger partial charge in [0.2, 0.25) is 0 Å². The van der Waals surface area contributed by atoms with Crippen molar-refractivity contribution in [2.24, 2.45) is 4.99 Å². The number of hydrogen-bond acceptors (Lipinski definition) is 4. The zero-order valence-corrected chi connectivity index (χ0v) is 19.5. The lowest BCUT2D eigenvalue weighted by atomic mass is 9.99. The van der Waals surface area contributed by atoms with Crippen molar-refractivity contribution in [1.82, 2.24) is 15.1 Å². The Morgan fingerprint density at radius 2 is 2.07 bits per heavy atom. The summed E-state index contributed by atoms with van der Waals surface area (Å²) in [5.74, 6) is 4.45. The lowest BCUT2D eigenvalue weighted by Crippen LogP contribution is -2.46. The summed E-state index contributed by atoms with van der Waals surface area (Å²) in [4.78, 5) is 9.34. The van der Waals surface area contributed by atoms with Crippen molar-refractivity contribution in [2.75, 3.05) is 64.9 Å². The molecule has 0 aliphatic carbocycles. The van der Waals surface area contributed by atoms with E-state index in [0.29, 0.717) is 0 Å². The number of ether oxygens (including phenoxy) is 1.